The fourth-order valence-electron chi connectivity index (χ4n) is 2.24. The smallest absolute Gasteiger partial charge is 0.410 e. The summed E-state index contributed by atoms with van der Waals surface area (Å²) in [6, 6.07) is 6.70. The molecule has 1 aliphatic rings. The van der Waals surface area contributed by atoms with Crippen LogP contribution >= 0.6 is 0 Å². The molecule has 0 aliphatic carbocycles. The average Bonchev–Trinajstić information content (AvgIpc) is 2.97. The lowest BCUT2D eigenvalue weighted by atomic mass is 10.1. The van der Waals surface area contributed by atoms with Gasteiger partial charge in [-0.3, -0.25) is 0 Å². The molecule has 1 heterocycles. The predicted molar refractivity (Wildman–Crippen MR) is 95.2 cm³/mol. The summed E-state index contributed by atoms with van der Waals surface area (Å²) < 4.78 is 5.36. The summed E-state index contributed by atoms with van der Waals surface area (Å²) in [6.45, 7) is 10.7. The van der Waals surface area contributed by atoms with Crippen LogP contribution < -0.4 is 0 Å². The van der Waals surface area contributed by atoms with Crippen molar-refractivity contribution in [3.05, 3.63) is 41.0 Å². The Bertz CT molecular complexity index is 597. The lowest BCUT2D eigenvalue weighted by Crippen LogP contribution is -2.34. The van der Waals surface area contributed by atoms with Crippen LogP contribution in [0.3, 0.4) is 0 Å². The molecule has 0 spiro atoms. The summed E-state index contributed by atoms with van der Waals surface area (Å²) in [6.07, 6.45) is 2.51. The number of hydrogen-bond donors (Lipinski definition) is 1. The van der Waals surface area contributed by atoms with Crippen LogP contribution in [-0.4, -0.2) is 40.8 Å². The van der Waals surface area contributed by atoms with Crippen LogP contribution in [0.4, 0.5) is 4.79 Å². The van der Waals surface area contributed by atoms with Crippen LogP contribution in [0.25, 0.3) is 6.08 Å². The van der Waals surface area contributed by atoms with Crippen molar-refractivity contribution < 1.29 is 19.4 Å². The van der Waals surface area contributed by atoms with Crippen LogP contribution in [0.2, 0.25) is 0 Å². The molecule has 1 amide bonds. The number of likely N-dealkylation sites (tertiary alicyclic amines) is 1. The lowest BCUT2D eigenvalue weighted by Gasteiger charge is -2.23. The van der Waals surface area contributed by atoms with Gasteiger partial charge in [-0.15, -0.1) is 0 Å². The number of benzene rings is 1. The van der Waals surface area contributed by atoms with E-state index in [1.807, 2.05) is 40.7 Å². The Morgan fingerprint density at radius 3 is 2.25 bits per heavy atom. The summed E-state index contributed by atoms with van der Waals surface area (Å²) in [5.74, 6) is -0.934. The van der Waals surface area contributed by atoms with Gasteiger partial charge >= 0.3 is 12.1 Å². The van der Waals surface area contributed by atoms with E-state index in [0.717, 1.165) is 17.6 Å². The zero-order chi connectivity index (χ0) is 18.3. The molecular formula is C19H27NO4. The molecule has 1 aliphatic heterocycles. The molecule has 5 nitrogen and oxygen atoms in total. The van der Waals surface area contributed by atoms with Gasteiger partial charge in [-0.25, -0.2) is 9.59 Å². The van der Waals surface area contributed by atoms with Gasteiger partial charge in [-0.2, -0.15) is 0 Å². The van der Waals surface area contributed by atoms with Crippen LogP contribution in [0.5, 0.6) is 0 Å². The van der Waals surface area contributed by atoms with Gasteiger partial charge in [0.1, 0.15) is 5.60 Å². The summed E-state index contributed by atoms with van der Waals surface area (Å²) in [5, 5.41) is 8.88. The van der Waals surface area contributed by atoms with Gasteiger partial charge in [-0.1, -0.05) is 32.1 Å². The molecule has 5 heteroatoms. The van der Waals surface area contributed by atoms with E-state index in [9.17, 15) is 9.59 Å². The molecule has 0 saturated carbocycles. The maximum absolute atomic E-state index is 12.0. The highest BCUT2D eigenvalue weighted by Crippen LogP contribution is 2.21. The minimum absolute atomic E-state index is 0.268. The van der Waals surface area contributed by atoms with Crippen molar-refractivity contribution in [3.8, 4) is 0 Å². The van der Waals surface area contributed by atoms with Gasteiger partial charge in [0.25, 0.3) is 0 Å². The quantitative estimate of drug-likeness (QED) is 0.869. The first-order valence-electron chi connectivity index (χ1n) is 8.25. The average molecular weight is 333 g/mol. The van der Waals surface area contributed by atoms with Crippen LogP contribution in [0.1, 0.15) is 57.0 Å². The van der Waals surface area contributed by atoms with Crippen molar-refractivity contribution in [2.45, 2.75) is 46.6 Å². The second-order valence-electron chi connectivity index (χ2n) is 6.38. The first kappa shape index (κ1) is 19.7. The third-order valence-electron chi connectivity index (χ3n) is 3.28. The number of carbonyl (C=O) groups is 2. The number of hydrogen-bond acceptors (Lipinski definition) is 3. The lowest BCUT2D eigenvalue weighted by molar-refractivity contribution is 0.0299. The maximum Gasteiger partial charge on any atom is 0.410 e. The van der Waals surface area contributed by atoms with Crippen LogP contribution in [0, 0.1) is 0 Å². The van der Waals surface area contributed by atoms with Gasteiger partial charge in [0.05, 0.1) is 5.56 Å². The van der Waals surface area contributed by atoms with Crippen molar-refractivity contribution >= 4 is 18.1 Å². The standard InChI is InChI=1S/C17H21NO4.C2H6/c1-17(2,3)22-16(21)18-9-8-13(11-18)10-12-4-6-14(7-5-12)15(19)20;1-2/h4-7,10H,8-9,11H2,1-3H3,(H,19,20);1-2H3/b13-10-;. The van der Waals surface area contributed by atoms with E-state index in [0.29, 0.717) is 13.1 Å². The Hall–Kier alpha value is -2.30. The summed E-state index contributed by atoms with van der Waals surface area (Å²) in [5.41, 5.74) is 1.85. The van der Waals surface area contributed by atoms with E-state index in [-0.39, 0.29) is 11.7 Å². The molecule has 1 saturated heterocycles. The van der Waals surface area contributed by atoms with Crippen molar-refractivity contribution in [2.75, 3.05) is 13.1 Å². The highest BCUT2D eigenvalue weighted by atomic mass is 16.6. The monoisotopic (exact) mass is 333 g/mol. The number of carboxylic acid groups (broad SMARTS) is 1. The Morgan fingerprint density at radius 2 is 1.75 bits per heavy atom. The topological polar surface area (TPSA) is 66.8 Å². The Balaban J connectivity index is 0.00000139. The van der Waals surface area contributed by atoms with Gasteiger partial charge in [0.2, 0.25) is 0 Å². The number of carboxylic acids is 1. The minimum Gasteiger partial charge on any atom is -0.478 e. The number of aromatic carboxylic acids is 1. The third kappa shape index (κ3) is 6.07. The Kier molecular flexibility index (Phi) is 7.01. The van der Waals surface area contributed by atoms with Gasteiger partial charge in [0, 0.05) is 13.1 Å². The first-order valence-corrected chi connectivity index (χ1v) is 8.25. The molecule has 0 aromatic heterocycles. The Morgan fingerprint density at radius 1 is 1.17 bits per heavy atom. The van der Waals surface area contributed by atoms with E-state index in [1.54, 1.807) is 29.2 Å². The summed E-state index contributed by atoms with van der Waals surface area (Å²) in [7, 11) is 0. The van der Waals surface area contributed by atoms with Crippen molar-refractivity contribution in [1.82, 2.24) is 4.90 Å². The molecule has 24 heavy (non-hydrogen) atoms. The SMILES string of the molecule is CC.CC(C)(C)OC(=O)N1CC/C(=C/c2ccc(C(=O)O)cc2)C1. The molecule has 132 valence electrons. The van der Waals surface area contributed by atoms with Crippen molar-refractivity contribution in [1.29, 1.82) is 0 Å². The Labute approximate surface area is 143 Å². The summed E-state index contributed by atoms with van der Waals surface area (Å²) in [4.78, 5) is 24.5. The fourth-order valence-corrected chi connectivity index (χ4v) is 2.24. The first-order chi connectivity index (χ1) is 11.2. The highest BCUT2D eigenvalue weighted by molar-refractivity contribution is 5.87. The van der Waals surface area contributed by atoms with Crippen LogP contribution in [-0.2, 0) is 4.74 Å². The molecular weight excluding hydrogens is 306 g/mol. The van der Waals surface area contributed by atoms with Gasteiger partial charge in [0.15, 0.2) is 0 Å². The van der Waals surface area contributed by atoms with Crippen molar-refractivity contribution in [2.24, 2.45) is 0 Å². The molecule has 1 N–H and O–H groups in total. The predicted octanol–water partition coefficient (Wildman–Crippen LogP) is 4.44. The molecule has 0 unspecified atom stereocenters. The van der Waals surface area contributed by atoms with E-state index >= 15 is 0 Å². The largest absolute Gasteiger partial charge is 0.478 e. The molecule has 1 fully saturated rings. The highest BCUT2D eigenvalue weighted by Gasteiger charge is 2.26. The number of amides is 1. The number of nitrogens with zero attached hydrogens (tertiary/aromatic N) is 1. The molecule has 2 rings (SSSR count). The second-order valence-corrected chi connectivity index (χ2v) is 6.38. The molecule has 0 radical (unpaired) electrons. The van der Waals surface area contributed by atoms with E-state index in [4.69, 9.17) is 9.84 Å². The molecule has 1 aromatic rings. The third-order valence-corrected chi connectivity index (χ3v) is 3.28. The van der Waals surface area contributed by atoms with Gasteiger partial charge < -0.3 is 14.7 Å². The van der Waals surface area contributed by atoms with E-state index < -0.39 is 11.6 Å². The molecule has 1 aromatic carbocycles. The second kappa shape index (κ2) is 8.52. The minimum atomic E-state index is -0.934. The maximum atomic E-state index is 12.0. The fraction of sp³-hybridized carbons (Fsp3) is 0.474. The van der Waals surface area contributed by atoms with Gasteiger partial charge in [-0.05, 0) is 50.5 Å². The normalized spacial score (nSPS) is 15.7. The summed E-state index contributed by atoms with van der Waals surface area (Å²) >= 11 is 0. The zero-order valence-electron chi connectivity index (χ0n) is 15.1. The van der Waals surface area contributed by atoms with Crippen LogP contribution in [0.15, 0.2) is 29.8 Å². The number of carbonyl (C=O) groups excluding carboxylic acids is 1. The number of ether oxygens (including phenoxy) is 1. The zero-order valence-corrected chi connectivity index (χ0v) is 15.1. The number of rotatable bonds is 2. The van der Waals surface area contributed by atoms with Crippen molar-refractivity contribution in [3.63, 3.8) is 0 Å². The molecule has 0 bridgehead atoms. The molecule has 0 atom stereocenters. The van der Waals surface area contributed by atoms with E-state index in [1.165, 1.54) is 0 Å². The van der Waals surface area contributed by atoms with E-state index in [2.05, 4.69) is 0 Å².